The van der Waals surface area contributed by atoms with Crippen LogP contribution in [0.15, 0.2) is 54.1 Å². The highest BCUT2D eigenvalue weighted by Crippen LogP contribution is 2.29. The Balaban J connectivity index is 0.00000156. The van der Waals surface area contributed by atoms with Crippen LogP contribution in [0.2, 0.25) is 0 Å². The average molecular weight is 328 g/mol. The third-order valence-electron chi connectivity index (χ3n) is 3.65. The lowest BCUT2D eigenvalue weighted by molar-refractivity contribution is 0.409. The molecule has 116 valence electrons. The number of fused-ring (bicyclic) bond motifs is 1. The second-order valence-electron chi connectivity index (χ2n) is 5.04. The van der Waals surface area contributed by atoms with Crippen molar-refractivity contribution in [1.82, 2.24) is 24.7 Å². The van der Waals surface area contributed by atoms with Crippen LogP contribution in [0.5, 0.6) is 0 Å². The number of aromatic nitrogens is 5. The molecule has 0 saturated carbocycles. The van der Waals surface area contributed by atoms with Gasteiger partial charge < -0.3 is 14.1 Å². The first-order valence-electron chi connectivity index (χ1n) is 6.80. The molecule has 0 bridgehead atoms. The Morgan fingerprint density at radius 1 is 1.30 bits per heavy atom. The molecule has 0 aliphatic heterocycles. The van der Waals surface area contributed by atoms with Gasteiger partial charge in [-0.1, -0.05) is 29.9 Å². The maximum atomic E-state index is 5.35. The van der Waals surface area contributed by atoms with Gasteiger partial charge in [0.2, 0.25) is 5.82 Å². The van der Waals surface area contributed by atoms with E-state index >= 15 is 0 Å². The van der Waals surface area contributed by atoms with Crippen molar-refractivity contribution in [3.05, 3.63) is 61.2 Å². The SMILES string of the molecule is C=C(c1cnc[nH]1)c1nc(-c2cn(C)c3ccccc23)no1.Cl. The van der Waals surface area contributed by atoms with Crippen molar-refractivity contribution in [2.24, 2.45) is 7.05 Å². The molecule has 1 aromatic carbocycles. The molecule has 0 spiro atoms. The number of hydrogen-bond donors (Lipinski definition) is 1. The summed E-state index contributed by atoms with van der Waals surface area (Å²) in [4.78, 5) is 11.4. The van der Waals surface area contributed by atoms with Gasteiger partial charge in [-0.25, -0.2) is 4.98 Å². The molecule has 1 N–H and O–H groups in total. The van der Waals surface area contributed by atoms with E-state index in [-0.39, 0.29) is 12.4 Å². The maximum absolute atomic E-state index is 5.35. The smallest absolute Gasteiger partial charge is 0.259 e. The largest absolute Gasteiger partial charge is 0.350 e. The van der Waals surface area contributed by atoms with Gasteiger partial charge in [-0.05, 0) is 6.07 Å². The van der Waals surface area contributed by atoms with Crippen LogP contribution in [-0.2, 0) is 7.05 Å². The molecular formula is C16H14ClN5O. The first-order chi connectivity index (χ1) is 10.7. The third kappa shape index (κ3) is 2.43. The van der Waals surface area contributed by atoms with Crippen LogP contribution < -0.4 is 0 Å². The predicted molar refractivity (Wildman–Crippen MR) is 90.2 cm³/mol. The average Bonchev–Trinajstić information content (AvgIpc) is 3.27. The zero-order chi connectivity index (χ0) is 15.1. The second-order valence-corrected chi connectivity index (χ2v) is 5.04. The lowest BCUT2D eigenvalue weighted by Crippen LogP contribution is -1.86. The van der Waals surface area contributed by atoms with E-state index in [0.29, 0.717) is 17.3 Å². The molecule has 6 nitrogen and oxygen atoms in total. The summed E-state index contributed by atoms with van der Waals surface area (Å²) in [5, 5.41) is 5.17. The summed E-state index contributed by atoms with van der Waals surface area (Å²) in [6, 6.07) is 8.11. The van der Waals surface area contributed by atoms with E-state index in [1.165, 1.54) is 0 Å². The van der Waals surface area contributed by atoms with Crippen LogP contribution in [0, 0.1) is 0 Å². The van der Waals surface area contributed by atoms with Crippen LogP contribution in [0.25, 0.3) is 27.9 Å². The number of rotatable bonds is 3. The number of aromatic amines is 1. The molecule has 4 rings (SSSR count). The molecule has 0 amide bonds. The fraction of sp³-hybridized carbons (Fsp3) is 0.0625. The number of hydrogen-bond acceptors (Lipinski definition) is 4. The molecule has 4 aromatic rings. The fourth-order valence-corrected chi connectivity index (χ4v) is 2.51. The molecule has 0 atom stereocenters. The molecule has 0 fully saturated rings. The number of halogens is 1. The van der Waals surface area contributed by atoms with Crippen molar-refractivity contribution >= 4 is 28.9 Å². The van der Waals surface area contributed by atoms with E-state index in [4.69, 9.17) is 4.52 Å². The number of nitrogens with one attached hydrogen (secondary N) is 1. The molecule has 0 saturated heterocycles. The normalized spacial score (nSPS) is 10.7. The minimum absolute atomic E-state index is 0. The molecule has 7 heteroatoms. The highest BCUT2D eigenvalue weighted by atomic mass is 35.5. The lowest BCUT2D eigenvalue weighted by Gasteiger charge is -1.94. The van der Waals surface area contributed by atoms with E-state index in [1.54, 1.807) is 12.5 Å². The van der Waals surface area contributed by atoms with Crippen molar-refractivity contribution in [3.63, 3.8) is 0 Å². The Morgan fingerprint density at radius 2 is 2.13 bits per heavy atom. The van der Waals surface area contributed by atoms with Crippen LogP contribution in [0.4, 0.5) is 0 Å². The Kier molecular flexibility index (Phi) is 3.75. The van der Waals surface area contributed by atoms with Crippen LogP contribution in [-0.4, -0.2) is 24.7 Å². The third-order valence-corrected chi connectivity index (χ3v) is 3.65. The maximum Gasteiger partial charge on any atom is 0.259 e. The number of imidazole rings is 1. The summed E-state index contributed by atoms with van der Waals surface area (Å²) in [5.74, 6) is 0.930. The van der Waals surface area contributed by atoms with E-state index < -0.39 is 0 Å². The van der Waals surface area contributed by atoms with Gasteiger partial charge >= 0.3 is 0 Å². The quantitative estimate of drug-likeness (QED) is 0.625. The zero-order valence-corrected chi connectivity index (χ0v) is 13.2. The van der Waals surface area contributed by atoms with E-state index in [1.807, 2.05) is 36.0 Å². The highest BCUT2D eigenvalue weighted by molar-refractivity contribution is 5.94. The fourth-order valence-electron chi connectivity index (χ4n) is 2.51. The molecule has 0 aliphatic rings. The van der Waals surface area contributed by atoms with Crippen LogP contribution in [0.3, 0.4) is 0 Å². The van der Waals surface area contributed by atoms with Crippen molar-refractivity contribution in [2.45, 2.75) is 0 Å². The summed E-state index contributed by atoms with van der Waals surface area (Å²) >= 11 is 0. The Morgan fingerprint density at radius 3 is 2.91 bits per heavy atom. The number of para-hydroxylation sites is 1. The van der Waals surface area contributed by atoms with Gasteiger partial charge in [0.15, 0.2) is 0 Å². The number of nitrogens with zero attached hydrogens (tertiary/aromatic N) is 4. The molecule has 3 heterocycles. The summed E-state index contributed by atoms with van der Waals surface area (Å²) in [6.45, 7) is 3.97. The van der Waals surface area contributed by atoms with Gasteiger partial charge in [0.05, 0.1) is 23.8 Å². The van der Waals surface area contributed by atoms with Crippen molar-refractivity contribution in [3.8, 4) is 11.4 Å². The topological polar surface area (TPSA) is 72.5 Å². The minimum Gasteiger partial charge on any atom is -0.350 e. The van der Waals surface area contributed by atoms with Crippen LogP contribution in [0.1, 0.15) is 11.6 Å². The van der Waals surface area contributed by atoms with E-state index in [9.17, 15) is 0 Å². The van der Waals surface area contributed by atoms with Crippen molar-refractivity contribution in [2.75, 3.05) is 0 Å². The Labute approximate surface area is 138 Å². The van der Waals surface area contributed by atoms with Gasteiger partial charge in [-0.15, -0.1) is 12.4 Å². The first-order valence-corrected chi connectivity index (χ1v) is 6.80. The predicted octanol–water partition coefficient (Wildman–Crippen LogP) is 3.43. The Hall–Kier alpha value is -2.86. The van der Waals surface area contributed by atoms with Gasteiger partial charge in [0.1, 0.15) is 0 Å². The minimum atomic E-state index is 0. The molecule has 0 radical (unpaired) electrons. The number of H-pyrrole nitrogens is 1. The Bertz CT molecular complexity index is 968. The van der Waals surface area contributed by atoms with Crippen molar-refractivity contribution < 1.29 is 4.52 Å². The summed E-state index contributed by atoms with van der Waals surface area (Å²) in [7, 11) is 2.00. The second kappa shape index (κ2) is 5.73. The first kappa shape index (κ1) is 15.1. The summed E-state index contributed by atoms with van der Waals surface area (Å²) in [5.41, 5.74) is 3.44. The van der Waals surface area contributed by atoms with E-state index in [0.717, 1.165) is 22.2 Å². The van der Waals surface area contributed by atoms with Gasteiger partial charge in [-0.2, -0.15) is 4.98 Å². The number of benzene rings is 1. The lowest BCUT2D eigenvalue weighted by atomic mass is 10.1. The van der Waals surface area contributed by atoms with Gasteiger partial charge in [0, 0.05) is 29.7 Å². The summed E-state index contributed by atoms with van der Waals surface area (Å²) in [6.07, 6.45) is 5.25. The standard InChI is InChI=1S/C16H13N5O.ClH/c1-10(13-7-17-9-18-13)16-19-15(20-22-16)12-8-21(2)14-6-4-3-5-11(12)14;/h3-9H,1H2,2H3,(H,17,18);1H. The summed E-state index contributed by atoms with van der Waals surface area (Å²) < 4.78 is 7.39. The molecule has 0 unspecified atom stereocenters. The molecular weight excluding hydrogens is 314 g/mol. The highest BCUT2D eigenvalue weighted by Gasteiger charge is 2.17. The number of aryl methyl sites for hydroxylation is 1. The van der Waals surface area contributed by atoms with Gasteiger partial charge in [0.25, 0.3) is 5.89 Å². The van der Waals surface area contributed by atoms with E-state index in [2.05, 4.69) is 32.8 Å². The molecule has 0 aliphatic carbocycles. The molecule has 3 aromatic heterocycles. The van der Waals surface area contributed by atoms with Crippen molar-refractivity contribution in [1.29, 1.82) is 0 Å². The molecule has 23 heavy (non-hydrogen) atoms. The monoisotopic (exact) mass is 327 g/mol. The van der Waals surface area contributed by atoms with Gasteiger partial charge in [-0.3, -0.25) is 0 Å². The zero-order valence-electron chi connectivity index (χ0n) is 12.4. The van der Waals surface area contributed by atoms with Crippen LogP contribution >= 0.6 is 12.4 Å².